The minimum Gasteiger partial charge on any atom is -0.381 e. The summed E-state index contributed by atoms with van der Waals surface area (Å²) < 4.78 is 89.8. The van der Waals surface area contributed by atoms with Crippen LogP contribution in [0.4, 0.5) is 0 Å². The van der Waals surface area contributed by atoms with Crippen LogP contribution in [0.3, 0.4) is 0 Å². The van der Waals surface area contributed by atoms with Gasteiger partial charge in [-0.3, -0.25) is 13.3 Å². The normalized spacial score (nSPS) is 36.6. The first-order valence-electron chi connectivity index (χ1n) is 25.3. The lowest BCUT2D eigenvalue weighted by Gasteiger charge is -2.31. The quantitative estimate of drug-likeness (QED) is 0.103. The third-order valence-electron chi connectivity index (χ3n) is 15.9. The van der Waals surface area contributed by atoms with E-state index in [4.69, 9.17) is 13.8 Å². The second-order valence-electron chi connectivity index (χ2n) is 20.5. The van der Waals surface area contributed by atoms with Crippen LogP contribution in [-0.2, 0) is 39.3 Å². The van der Waals surface area contributed by atoms with Crippen LogP contribution in [-0.4, -0.2) is 71.4 Å². The molecule has 0 aromatic rings. The van der Waals surface area contributed by atoms with E-state index >= 15 is 0 Å². The molecule has 6 bridgehead atoms. The smallest absolute Gasteiger partial charge is 0.267 e. The molecule has 7 fully saturated rings. The van der Waals surface area contributed by atoms with E-state index < -0.39 is 30.4 Å². The molecule has 6 saturated carbocycles. The first-order valence-corrected chi connectivity index (χ1v) is 30.1. The van der Waals surface area contributed by atoms with Gasteiger partial charge in [0.15, 0.2) is 0 Å². The Morgan fingerprint density at radius 2 is 1.00 bits per heavy atom. The second-order valence-corrected chi connectivity index (χ2v) is 25.5. The van der Waals surface area contributed by atoms with Gasteiger partial charge in [0.25, 0.3) is 30.4 Å². The van der Waals surface area contributed by atoms with E-state index in [1.54, 1.807) is 12.8 Å². The van der Waals surface area contributed by atoms with Crippen molar-refractivity contribution in [2.45, 2.75) is 180 Å². The monoisotopic (exact) mass is 943 g/mol. The summed E-state index contributed by atoms with van der Waals surface area (Å²) in [5.41, 5.74) is 0. The van der Waals surface area contributed by atoms with E-state index in [0.29, 0.717) is 38.4 Å². The maximum atomic E-state index is 10.6. The van der Waals surface area contributed by atoms with Gasteiger partial charge in [0.2, 0.25) is 0 Å². The lowest BCUT2D eigenvalue weighted by molar-refractivity contribution is 0.0568. The summed E-state index contributed by atoms with van der Waals surface area (Å²) in [6.45, 7) is 32.9. The summed E-state index contributed by atoms with van der Waals surface area (Å²) in [5, 5.41) is 0. The van der Waals surface area contributed by atoms with E-state index in [-0.39, 0.29) is 17.3 Å². The van der Waals surface area contributed by atoms with Crippen LogP contribution < -0.4 is 0 Å². The molecule has 2 N–H and O–H groups in total. The topological polar surface area (TPSA) is 161 Å². The van der Waals surface area contributed by atoms with Gasteiger partial charge < -0.3 is 4.74 Å². The Labute approximate surface area is 384 Å². The average molecular weight is 944 g/mol. The highest BCUT2D eigenvalue weighted by molar-refractivity contribution is 7.87. The maximum Gasteiger partial charge on any atom is 0.267 e. The van der Waals surface area contributed by atoms with Crippen molar-refractivity contribution in [2.24, 2.45) is 94.7 Å². The van der Waals surface area contributed by atoms with Crippen LogP contribution in [0.1, 0.15) is 180 Å². The van der Waals surface area contributed by atoms with Crippen molar-refractivity contribution in [1.82, 2.24) is 0 Å². The minimum absolute atomic E-state index is 0.0723. The Hall–Kier alpha value is -0.310. The van der Waals surface area contributed by atoms with E-state index in [1.165, 1.54) is 38.5 Å². The SMILES string of the molecule is CC.CC.CC(C)C.CC1C2CC(CCCCCS(=O)(=O)O)C(C2)C1C.CC1C2CC(COCCCS(=O)(=O)O)C(C2)C1C.CCC1CC2CC1C(C)C2C.O=S1(=O)CCCO1. The molecule has 1 aliphatic heterocycles. The Morgan fingerprint density at radius 1 is 0.597 bits per heavy atom. The van der Waals surface area contributed by atoms with Crippen molar-refractivity contribution in [3.05, 3.63) is 0 Å². The highest BCUT2D eigenvalue weighted by atomic mass is 32.2. The zero-order valence-electron chi connectivity index (χ0n) is 42.1. The van der Waals surface area contributed by atoms with Crippen molar-refractivity contribution >= 4 is 30.4 Å². The molecule has 372 valence electrons. The summed E-state index contributed by atoms with van der Waals surface area (Å²) in [4.78, 5) is 0. The van der Waals surface area contributed by atoms with Crippen LogP contribution in [0.15, 0.2) is 0 Å². The molecule has 0 radical (unpaired) electrons. The van der Waals surface area contributed by atoms with Crippen LogP contribution in [0.2, 0.25) is 0 Å². The van der Waals surface area contributed by atoms with Gasteiger partial charge in [0.05, 0.1) is 23.9 Å². The minimum atomic E-state index is -3.83. The Kier molecular flexibility index (Phi) is 27.7. The molecule has 15 unspecified atom stereocenters. The molecule has 7 aliphatic rings. The van der Waals surface area contributed by atoms with E-state index in [1.807, 2.05) is 27.7 Å². The Balaban J connectivity index is 0.000000406. The lowest BCUT2D eigenvalue weighted by atomic mass is 9.74. The predicted octanol–water partition coefficient (Wildman–Crippen LogP) is 12.3. The molecule has 0 aromatic carbocycles. The van der Waals surface area contributed by atoms with Gasteiger partial charge in [-0.05, 0) is 152 Å². The fourth-order valence-electron chi connectivity index (χ4n) is 12.2. The third kappa shape index (κ3) is 20.3. The lowest BCUT2D eigenvalue weighted by Crippen LogP contribution is -2.27. The van der Waals surface area contributed by atoms with Crippen molar-refractivity contribution in [2.75, 3.05) is 37.1 Å². The fourth-order valence-corrected chi connectivity index (χ4v) is 14.2. The summed E-state index contributed by atoms with van der Waals surface area (Å²) in [7, 11) is -10.6. The number of fused-ring (bicyclic) bond motifs is 6. The first-order chi connectivity index (χ1) is 28.9. The average Bonchev–Trinajstić information content (AvgIpc) is 4.08. The number of unbranched alkanes of at least 4 members (excludes halogenated alkanes) is 2. The second kappa shape index (κ2) is 28.8. The third-order valence-corrected chi connectivity index (χ3v) is 18.9. The van der Waals surface area contributed by atoms with Gasteiger partial charge >= 0.3 is 0 Å². The molecule has 6 aliphatic carbocycles. The molecule has 13 heteroatoms. The molecule has 0 spiro atoms. The van der Waals surface area contributed by atoms with E-state index in [0.717, 1.165) is 108 Å². The van der Waals surface area contributed by atoms with Gasteiger partial charge in [0, 0.05) is 13.2 Å². The van der Waals surface area contributed by atoms with Crippen molar-refractivity contribution < 1.29 is 43.3 Å². The van der Waals surface area contributed by atoms with Crippen LogP contribution in [0.25, 0.3) is 0 Å². The highest BCUT2D eigenvalue weighted by Gasteiger charge is 2.50. The fraction of sp³-hybridized carbons (Fsp3) is 1.00. The van der Waals surface area contributed by atoms with Gasteiger partial charge in [-0.25, -0.2) is 0 Å². The summed E-state index contributed by atoms with van der Waals surface area (Å²) in [5.74, 6) is 14.6. The molecule has 0 amide bonds. The van der Waals surface area contributed by atoms with Crippen molar-refractivity contribution in [3.8, 4) is 0 Å². The molecule has 0 aromatic heterocycles. The van der Waals surface area contributed by atoms with Crippen LogP contribution in [0, 0.1) is 94.7 Å². The molecule has 62 heavy (non-hydrogen) atoms. The molecule has 15 atom stereocenters. The molecule has 7 rings (SSSR count). The molecule has 1 saturated heterocycles. The number of hydrogen-bond acceptors (Lipinski definition) is 8. The first kappa shape index (κ1) is 59.7. The summed E-state index contributed by atoms with van der Waals surface area (Å²) in [6, 6.07) is 0. The number of ether oxygens (including phenoxy) is 1. The standard InChI is InChI=1S/C14H26O3S.C13H24O4S.C11H20.C4H10.C3H6O3S.2C2H6/c1-10-11(2)14-9-13(10)8-12(14)6-4-3-5-7-18(15,16)17;1-9-10(2)13-7-11(9)6-12(13)8-17-4-3-5-18(14,15)16;1-4-9-5-10-6-11(9)8(3)7(10)2;1-4(2)3;4-7(5)3-1-2-6-7;2*1-2/h10-14H,3-9H2,1-2H3,(H,15,16,17);9-13H,3-8H2,1-2H3,(H,14,15,16);7-11H,4-6H2,1-3H3;4H,1-3H3;1-3H2;2*1-2H3. The molecule has 10 nitrogen and oxygen atoms in total. The molecular weight excluding hydrogens is 845 g/mol. The van der Waals surface area contributed by atoms with Crippen LogP contribution in [0.5, 0.6) is 0 Å². The largest absolute Gasteiger partial charge is 0.381 e. The Morgan fingerprint density at radius 3 is 1.35 bits per heavy atom. The number of rotatable bonds is 13. The zero-order chi connectivity index (χ0) is 47.6. The molecular formula is C49H98O10S3. The van der Waals surface area contributed by atoms with Gasteiger partial charge in [0.1, 0.15) is 0 Å². The molecule has 1 heterocycles. The predicted molar refractivity (Wildman–Crippen MR) is 259 cm³/mol. The van der Waals surface area contributed by atoms with Gasteiger partial charge in [-0.15, -0.1) is 0 Å². The number of hydrogen-bond donors (Lipinski definition) is 2. The maximum absolute atomic E-state index is 10.6. The van der Waals surface area contributed by atoms with Crippen LogP contribution >= 0.6 is 0 Å². The zero-order valence-corrected chi connectivity index (χ0v) is 44.5. The Bertz CT molecular complexity index is 1440. The summed E-state index contributed by atoms with van der Waals surface area (Å²) in [6.07, 6.45) is 14.9. The summed E-state index contributed by atoms with van der Waals surface area (Å²) >= 11 is 0. The van der Waals surface area contributed by atoms with Crippen molar-refractivity contribution in [3.63, 3.8) is 0 Å². The highest BCUT2D eigenvalue weighted by Crippen LogP contribution is 2.57. The van der Waals surface area contributed by atoms with Crippen molar-refractivity contribution in [1.29, 1.82) is 0 Å². The van der Waals surface area contributed by atoms with Gasteiger partial charge in [-0.1, -0.05) is 123 Å². The van der Waals surface area contributed by atoms with E-state index in [9.17, 15) is 25.3 Å². The van der Waals surface area contributed by atoms with Gasteiger partial charge in [-0.2, -0.15) is 25.3 Å². The van der Waals surface area contributed by atoms with E-state index in [2.05, 4.69) is 73.4 Å².